The molecule has 0 radical (unpaired) electrons. The number of aryl methyl sites for hydroxylation is 2. The molecule has 0 N–H and O–H groups in total. The second kappa shape index (κ2) is 18.4. The first-order chi connectivity index (χ1) is 37.4. The molecule has 0 fully saturated rings. The number of ether oxygens (including phenoxy) is 1. The smallest absolute Gasteiger partial charge is 0.238 e. The Morgan fingerprint density at radius 3 is 1.81 bits per heavy atom. The van der Waals surface area contributed by atoms with Crippen LogP contribution < -0.4 is 4.74 Å². The molecule has 9 aromatic carbocycles. The van der Waals surface area contributed by atoms with Gasteiger partial charge in [0, 0.05) is 15.9 Å². The summed E-state index contributed by atoms with van der Waals surface area (Å²) in [5.41, 5.74) is 17.0. The number of aromatic nitrogens is 4. The van der Waals surface area contributed by atoms with Crippen molar-refractivity contribution < 1.29 is 28.2 Å². The summed E-state index contributed by atoms with van der Waals surface area (Å²) < 4.78 is 41.0. The van der Waals surface area contributed by atoms with Crippen LogP contribution in [0.25, 0.3) is 88.9 Å². The van der Waals surface area contributed by atoms with Crippen LogP contribution >= 0.6 is 0 Å². The van der Waals surface area contributed by atoms with Gasteiger partial charge in [-0.15, -0.1) is 0 Å². The third-order valence-electron chi connectivity index (χ3n) is 14.7. The monoisotopic (exact) mass is 1140 g/mol. The molecule has 1 aliphatic carbocycles. The van der Waals surface area contributed by atoms with Crippen LogP contribution in [0.2, 0.25) is 0 Å². The molecule has 1 aliphatic rings. The number of pyridine rings is 1. The summed E-state index contributed by atoms with van der Waals surface area (Å²) >= 11 is 2.56. The molecule has 5 nitrogen and oxygen atoms in total. The van der Waals surface area contributed by atoms with Crippen molar-refractivity contribution in [3.63, 3.8) is 0 Å². The van der Waals surface area contributed by atoms with Crippen molar-refractivity contribution in [2.24, 2.45) is 0 Å². The molecule has 74 heavy (non-hydrogen) atoms. The fraction of sp³-hybridized carbons (Fsp3) is 0.118. The Balaban J connectivity index is 0.938. The van der Waals surface area contributed by atoms with Crippen molar-refractivity contribution in [1.82, 2.24) is 18.7 Å². The number of hydrogen-bond acceptors (Lipinski definition) is 2. The van der Waals surface area contributed by atoms with Crippen LogP contribution in [0.1, 0.15) is 59.6 Å². The summed E-state index contributed by atoms with van der Waals surface area (Å²) in [4.78, 5) is 4.99. The van der Waals surface area contributed by atoms with E-state index in [1.807, 2.05) is 65.2 Å². The van der Waals surface area contributed by atoms with E-state index in [0.717, 1.165) is 88.6 Å². The molecule has 1 unspecified atom stereocenters. The molecule has 6 heteroatoms. The molecule has 362 valence electrons. The van der Waals surface area contributed by atoms with Crippen molar-refractivity contribution in [2.45, 2.75) is 51.9 Å². The number of para-hydroxylation sites is 2. The van der Waals surface area contributed by atoms with E-state index in [0.29, 0.717) is 22.9 Å². The van der Waals surface area contributed by atoms with Gasteiger partial charge in [-0.25, -0.2) is 4.98 Å². The number of benzene rings is 9. The number of rotatable bonds is 9. The van der Waals surface area contributed by atoms with E-state index in [4.69, 9.17) is 13.8 Å². The Morgan fingerprint density at radius 1 is 0.568 bits per heavy atom. The van der Waals surface area contributed by atoms with E-state index < -0.39 is 6.85 Å². The number of fused-ring (bicyclic) bond motifs is 5. The van der Waals surface area contributed by atoms with Crippen LogP contribution in [0.3, 0.4) is 0 Å². The zero-order chi connectivity index (χ0) is 52.6. The van der Waals surface area contributed by atoms with Gasteiger partial charge >= 0.3 is 315 Å². The van der Waals surface area contributed by atoms with Crippen LogP contribution in [-0.4, -0.2) is 18.7 Å². The topological polar surface area (TPSA) is 36.9 Å². The summed E-state index contributed by atoms with van der Waals surface area (Å²) in [6.45, 7) is 4.47. The Labute approximate surface area is 447 Å². The molecule has 0 amide bonds. The van der Waals surface area contributed by atoms with Gasteiger partial charge in [0.2, 0.25) is 0 Å². The third-order valence-corrected chi connectivity index (χ3v) is 15.7. The maximum absolute atomic E-state index is 8.68. The van der Waals surface area contributed by atoms with Crippen molar-refractivity contribution in [3.05, 3.63) is 251 Å². The van der Waals surface area contributed by atoms with Gasteiger partial charge < -0.3 is 0 Å². The van der Waals surface area contributed by atoms with Crippen LogP contribution in [0.5, 0.6) is 11.5 Å². The van der Waals surface area contributed by atoms with Crippen LogP contribution in [0.15, 0.2) is 212 Å². The molecule has 0 saturated carbocycles. The maximum atomic E-state index is 8.68. The second-order valence-corrected chi connectivity index (χ2v) is 21.2. The normalized spacial score (nSPS) is 14.3. The zero-order valence-corrected chi connectivity index (χ0v) is 43.5. The average Bonchev–Trinajstić information content (AvgIpc) is 4.15. The van der Waals surface area contributed by atoms with Gasteiger partial charge in [0.25, 0.3) is 0 Å². The van der Waals surface area contributed by atoms with E-state index in [1.165, 1.54) is 22.3 Å². The van der Waals surface area contributed by atoms with E-state index in [1.54, 1.807) is 12.3 Å². The number of hydrogen-bond donors (Lipinski definition) is 0. The van der Waals surface area contributed by atoms with Gasteiger partial charge in [0.15, 0.2) is 0 Å². The van der Waals surface area contributed by atoms with Crippen molar-refractivity contribution >= 4 is 32.8 Å². The minimum absolute atomic E-state index is 0.0217. The van der Waals surface area contributed by atoms with Gasteiger partial charge in [0.05, 0.1) is 0 Å². The molecule has 3 heterocycles. The Kier molecular flexibility index (Phi) is 10.6. The number of imidazole rings is 1. The predicted molar refractivity (Wildman–Crippen MR) is 299 cm³/mol. The SMILES string of the molecule is [2H]C([2H])([2H])c1cc(-n2c3[c-]c(Oc4[c-]c5c(cc4)CCC5n4[c](=[Pt])n(-c5c(-c6ccccc6)cc(C(C)(C)C)cc5-c5ccccc5)c5ccccc54)ccc3c3cc(-c4ccccc4)ccc32)ncc1-c1ccccc1. The molecule has 13 rings (SSSR count). The molecule has 0 saturated heterocycles. The third kappa shape index (κ3) is 7.98. The Hall–Kier alpha value is -8.11. The first-order valence-corrected chi connectivity index (χ1v) is 26.3. The first kappa shape index (κ1) is 42.4. The molecule has 12 aromatic rings. The summed E-state index contributed by atoms with van der Waals surface area (Å²) in [6.07, 6.45) is 3.49. The molecule has 0 bridgehead atoms. The molecular weight excluding hydrogens is 1080 g/mol. The van der Waals surface area contributed by atoms with E-state index in [-0.39, 0.29) is 17.0 Å². The summed E-state index contributed by atoms with van der Waals surface area (Å²) in [6, 6.07) is 78.8. The summed E-state index contributed by atoms with van der Waals surface area (Å²) in [7, 11) is 0. The fourth-order valence-electron chi connectivity index (χ4n) is 11.0. The molecule has 0 spiro atoms. The van der Waals surface area contributed by atoms with Crippen LogP contribution in [0, 0.1) is 22.8 Å². The molecule has 0 aliphatic heterocycles. The van der Waals surface area contributed by atoms with E-state index >= 15 is 0 Å². The predicted octanol–water partition coefficient (Wildman–Crippen LogP) is 17.2. The first-order valence-electron chi connectivity index (χ1n) is 26.7. The quantitative estimate of drug-likeness (QED) is 0.135. The minimum atomic E-state index is -2.40. The molecule has 1 atom stereocenters. The fourth-order valence-corrected chi connectivity index (χ4v) is 12.1. The zero-order valence-electron chi connectivity index (χ0n) is 44.2. The molecule has 3 aromatic heterocycles. The number of nitrogens with zero attached hydrogens (tertiary/aromatic N) is 4. The van der Waals surface area contributed by atoms with Gasteiger partial charge in [-0.05, 0) is 41.2 Å². The van der Waals surface area contributed by atoms with Crippen molar-refractivity contribution in [2.75, 3.05) is 0 Å². The molecular formula is C68H52N4OPt-2. The van der Waals surface area contributed by atoms with Crippen LogP contribution in [0.4, 0.5) is 0 Å². The minimum Gasteiger partial charge on any atom is -0.238 e. The van der Waals surface area contributed by atoms with E-state index in [9.17, 15) is 0 Å². The average molecular weight is 1140 g/mol. The Bertz CT molecular complexity index is 4230. The van der Waals surface area contributed by atoms with Gasteiger partial charge in [-0.2, -0.15) is 0 Å². The van der Waals surface area contributed by atoms with Crippen molar-refractivity contribution in [1.29, 1.82) is 0 Å². The van der Waals surface area contributed by atoms with Gasteiger partial charge in [-0.3, -0.25) is 0 Å². The van der Waals surface area contributed by atoms with Crippen molar-refractivity contribution in [3.8, 4) is 67.5 Å². The van der Waals surface area contributed by atoms with Crippen LogP contribution in [-0.2, 0) is 31.2 Å². The van der Waals surface area contributed by atoms with E-state index in [2.05, 4.69) is 201 Å². The van der Waals surface area contributed by atoms with Gasteiger partial charge in [0.1, 0.15) is 0 Å². The second-order valence-electron chi connectivity index (χ2n) is 20.2. The Morgan fingerprint density at radius 2 is 1.16 bits per heavy atom. The standard InChI is InChI=1S/C68H52N4O.Pt/c1-45-37-66(69-43-60(45)49-25-15-8-16-26-49)72-62-36-31-51(46-19-9-5-10-20-46)38-59(62)55-34-33-54(42-65(55)72)73-53-32-29-50-30-35-61(56(50)41-53)70-44-71(64-28-18-17-27-63(64)70)67-57(47-21-11-6-12-22-47)39-52(68(2,3)4)40-58(67)48-23-13-7-14-24-48;/h5-29,31-34,36-40,43,61H,30,35H2,1-4H3;/q-2;/i1D3;. The summed E-state index contributed by atoms with van der Waals surface area (Å²) in [5.74, 6) is 1.57. The van der Waals surface area contributed by atoms with Gasteiger partial charge in [-0.1, -0.05) is 72.8 Å². The summed E-state index contributed by atoms with van der Waals surface area (Å²) in [5, 5.41) is 1.93.